The highest BCUT2D eigenvalue weighted by Crippen LogP contribution is 2.17. The summed E-state index contributed by atoms with van der Waals surface area (Å²) < 4.78 is 1.42. The van der Waals surface area contributed by atoms with Crippen LogP contribution in [0.2, 0.25) is 0 Å². The van der Waals surface area contributed by atoms with Crippen LogP contribution in [0.3, 0.4) is 0 Å². The summed E-state index contributed by atoms with van der Waals surface area (Å²) in [7, 11) is 3.66. The van der Waals surface area contributed by atoms with Gasteiger partial charge in [-0.3, -0.25) is 19.1 Å². The van der Waals surface area contributed by atoms with Crippen LogP contribution in [-0.4, -0.2) is 46.3 Å². The first-order valence-electron chi connectivity index (χ1n) is 6.12. The Bertz CT molecular complexity index is 643. The van der Waals surface area contributed by atoms with Crippen molar-refractivity contribution >= 4 is 22.7 Å². The lowest BCUT2D eigenvalue weighted by Gasteiger charge is -2.19. The number of fused-ring (bicyclic) bond motifs is 1. The van der Waals surface area contributed by atoms with E-state index in [0.29, 0.717) is 11.0 Å². The lowest BCUT2D eigenvalue weighted by molar-refractivity contribution is 0.0794. The second-order valence-electron chi connectivity index (χ2n) is 4.79. The summed E-state index contributed by atoms with van der Waals surface area (Å²) in [6.45, 7) is 3.23. The minimum absolute atomic E-state index is 0.149. The molecule has 0 radical (unpaired) electrons. The van der Waals surface area contributed by atoms with Crippen LogP contribution in [0.4, 0.5) is 0 Å². The number of ketones is 1. The van der Waals surface area contributed by atoms with Gasteiger partial charge in [-0.25, -0.2) is 4.98 Å². The molecule has 0 bridgehead atoms. The zero-order valence-corrected chi connectivity index (χ0v) is 11.5. The number of aromatic nitrogens is 2. The number of hydrogen-bond donors (Lipinski definition) is 0. The molecule has 2 aromatic rings. The molecule has 1 atom stereocenters. The molecule has 0 fully saturated rings. The quantitative estimate of drug-likeness (QED) is 0.789. The van der Waals surface area contributed by atoms with Gasteiger partial charge in [-0.2, -0.15) is 0 Å². The van der Waals surface area contributed by atoms with Gasteiger partial charge in [0, 0.05) is 6.92 Å². The summed E-state index contributed by atoms with van der Waals surface area (Å²) >= 11 is 0. The maximum Gasteiger partial charge on any atom is 0.249 e. The van der Waals surface area contributed by atoms with E-state index < -0.39 is 0 Å². The van der Waals surface area contributed by atoms with Gasteiger partial charge < -0.3 is 0 Å². The highest BCUT2D eigenvalue weighted by Gasteiger charge is 2.24. The number of imidazole rings is 1. The molecule has 1 heterocycles. The molecule has 19 heavy (non-hydrogen) atoms. The van der Waals surface area contributed by atoms with Crippen molar-refractivity contribution in [1.82, 2.24) is 14.5 Å². The number of rotatable bonds is 3. The molecule has 100 valence electrons. The van der Waals surface area contributed by atoms with Gasteiger partial charge in [0.25, 0.3) is 0 Å². The Morgan fingerprint density at radius 3 is 2.47 bits per heavy atom. The SMILES string of the molecule is CC(=O)c1nc2ccccc2n1C(=O)C(C)N(C)C. The van der Waals surface area contributed by atoms with Crippen LogP contribution in [0.25, 0.3) is 11.0 Å². The number of carbonyl (C=O) groups excluding carboxylic acids is 2. The van der Waals surface area contributed by atoms with Crippen LogP contribution in [0.15, 0.2) is 24.3 Å². The van der Waals surface area contributed by atoms with Crippen LogP contribution in [0.1, 0.15) is 29.3 Å². The van der Waals surface area contributed by atoms with E-state index in [1.54, 1.807) is 24.0 Å². The molecule has 0 spiro atoms. The molecular weight excluding hydrogens is 242 g/mol. The lowest BCUT2D eigenvalue weighted by atomic mass is 10.2. The van der Waals surface area contributed by atoms with Crippen LogP contribution < -0.4 is 0 Å². The van der Waals surface area contributed by atoms with Crippen molar-refractivity contribution in [2.75, 3.05) is 14.1 Å². The number of Topliss-reactive ketones (excluding diaryl/α,β-unsaturated/α-hetero) is 1. The molecule has 1 aromatic carbocycles. The van der Waals surface area contributed by atoms with Crippen molar-refractivity contribution in [1.29, 1.82) is 0 Å². The first kappa shape index (κ1) is 13.4. The molecule has 0 aliphatic heterocycles. The largest absolute Gasteiger partial charge is 0.298 e. The molecule has 0 aliphatic carbocycles. The summed E-state index contributed by atoms with van der Waals surface area (Å²) in [6, 6.07) is 6.94. The number of para-hydroxylation sites is 2. The third-order valence-corrected chi connectivity index (χ3v) is 3.23. The Morgan fingerprint density at radius 2 is 1.89 bits per heavy atom. The molecule has 5 heteroatoms. The van der Waals surface area contributed by atoms with E-state index in [4.69, 9.17) is 0 Å². The van der Waals surface area contributed by atoms with E-state index in [2.05, 4.69) is 4.98 Å². The molecule has 5 nitrogen and oxygen atoms in total. The minimum atomic E-state index is -0.323. The Morgan fingerprint density at radius 1 is 1.26 bits per heavy atom. The number of nitrogens with zero attached hydrogens (tertiary/aromatic N) is 3. The molecule has 0 saturated heterocycles. The second-order valence-corrected chi connectivity index (χ2v) is 4.79. The van der Waals surface area contributed by atoms with Crippen molar-refractivity contribution in [3.8, 4) is 0 Å². The first-order chi connectivity index (χ1) is 8.93. The van der Waals surface area contributed by atoms with Gasteiger partial charge in [0.05, 0.1) is 17.1 Å². The topological polar surface area (TPSA) is 55.2 Å². The molecule has 0 amide bonds. The van der Waals surface area contributed by atoms with Crippen LogP contribution in [-0.2, 0) is 0 Å². The Hall–Kier alpha value is -2.01. The summed E-state index contributed by atoms with van der Waals surface area (Å²) in [5.74, 6) is -0.167. The highest BCUT2D eigenvalue weighted by atomic mass is 16.2. The van der Waals surface area contributed by atoms with Crippen molar-refractivity contribution < 1.29 is 9.59 Å². The predicted octanol–water partition coefficient (Wildman–Crippen LogP) is 1.83. The van der Waals surface area contributed by atoms with Gasteiger partial charge in [-0.1, -0.05) is 12.1 Å². The van der Waals surface area contributed by atoms with Gasteiger partial charge in [0.1, 0.15) is 0 Å². The third-order valence-electron chi connectivity index (χ3n) is 3.23. The van der Waals surface area contributed by atoms with Crippen molar-refractivity contribution in [3.05, 3.63) is 30.1 Å². The summed E-state index contributed by atoms with van der Waals surface area (Å²) in [6.07, 6.45) is 0. The fourth-order valence-corrected chi connectivity index (χ4v) is 1.89. The van der Waals surface area contributed by atoms with Crippen LogP contribution in [0, 0.1) is 0 Å². The highest BCUT2D eigenvalue weighted by molar-refractivity contribution is 6.02. The molecule has 0 aliphatic rings. The van der Waals surface area contributed by atoms with Gasteiger partial charge in [-0.05, 0) is 33.2 Å². The average Bonchev–Trinajstić information content (AvgIpc) is 2.76. The van der Waals surface area contributed by atoms with E-state index in [1.165, 1.54) is 11.5 Å². The van der Waals surface area contributed by atoms with Crippen LogP contribution >= 0.6 is 0 Å². The van der Waals surface area contributed by atoms with Crippen molar-refractivity contribution in [2.24, 2.45) is 0 Å². The van der Waals surface area contributed by atoms with Crippen molar-refractivity contribution in [2.45, 2.75) is 19.9 Å². The van der Waals surface area contributed by atoms with Gasteiger partial charge in [0.2, 0.25) is 5.91 Å². The van der Waals surface area contributed by atoms with E-state index in [1.807, 2.05) is 26.2 Å². The average molecular weight is 259 g/mol. The van der Waals surface area contributed by atoms with Gasteiger partial charge in [-0.15, -0.1) is 0 Å². The Kier molecular flexibility index (Phi) is 3.48. The van der Waals surface area contributed by atoms with E-state index >= 15 is 0 Å². The van der Waals surface area contributed by atoms with Gasteiger partial charge >= 0.3 is 0 Å². The smallest absolute Gasteiger partial charge is 0.249 e. The summed E-state index contributed by atoms with van der Waals surface area (Å²) in [5.41, 5.74) is 1.33. The normalized spacial score (nSPS) is 12.9. The number of likely N-dealkylation sites (N-methyl/N-ethyl adjacent to an activating group) is 1. The lowest BCUT2D eigenvalue weighted by Crippen LogP contribution is -2.37. The monoisotopic (exact) mass is 259 g/mol. The number of carbonyl (C=O) groups is 2. The Labute approximate surface area is 111 Å². The standard InChI is InChI=1S/C14H17N3O2/c1-9(16(3)4)14(19)17-12-8-6-5-7-11(12)15-13(17)10(2)18/h5-9H,1-4H3. The summed E-state index contributed by atoms with van der Waals surface area (Å²) in [4.78, 5) is 30.3. The fourth-order valence-electron chi connectivity index (χ4n) is 1.89. The molecule has 1 unspecified atom stereocenters. The molecule has 0 saturated carbocycles. The maximum absolute atomic E-state index is 12.5. The Balaban J connectivity index is 2.66. The first-order valence-corrected chi connectivity index (χ1v) is 6.12. The zero-order chi connectivity index (χ0) is 14.2. The zero-order valence-electron chi connectivity index (χ0n) is 11.5. The number of benzene rings is 1. The minimum Gasteiger partial charge on any atom is -0.298 e. The molecule has 2 rings (SSSR count). The van der Waals surface area contributed by atoms with E-state index in [9.17, 15) is 9.59 Å². The summed E-state index contributed by atoms with van der Waals surface area (Å²) in [5, 5.41) is 0. The molecule has 1 aromatic heterocycles. The van der Waals surface area contributed by atoms with Crippen molar-refractivity contribution in [3.63, 3.8) is 0 Å². The third kappa shape index (κ3) is 2.29. The predicted molar refractivity (Wildman–Crippen MR) is 73.5 cm³/mol. The second kappa shape index (κ2) is 4.93. The van der Waals surface area contributed by atoms with E-state index in [-0.39, 0.29) is 23.6 Å². The van der Waals surface area contributed by atoms with E-state index in [0.717, 1.165) is 0 Å². The van der Waals surface area contributed by atoms with Crippen LogP contribution in [0.5, 0.6) is 0 Å². The molecular formula is C14H17N3O2. The maximum atomic E-state index is 12.5. The van der Waals surface area contributed by atoms with Gasteiger partial charge in [0.15, 0.2) is 11.6 Å². The number of hydrogen-bond acceptors (Lipinski definition) is 4. The fraction of sp³-hybridized carbons (Fsp3) is 0.357. The molecule has 0 N–H and O–H groups in total.